The van der Waals surface area contributed by atoms with Gasteiger partial charge in [-0.1, -0.05) is 70.2 Å². The third kappa shape index (κ3) is 3.64. The topological polar surface area (TPSA) is 20.9 Å². The molecule has 2 nitrogen and oxygen atoms in total. The Labute approximate surface area is 174 Å². The number of hydrogen-bond acceptors (Lipinski definition) is 1. The van der Waals surface area contributed by atoms with E-state index in [2.05, 4.69) is 69.6 Å². The van der Waals surface area contributed by atoms with E-state index in [0.29, 0.717) is 12.0 Å². The SMILES string of the molecule is CC1CC(C)[n+]2cc(C(=O)c3ccccc3)ccc2-c2ccc(C(C)(C)C)cc21. The number of aromatic nitrogens is 1. The normalized spacial score (nSPS) is 18.5. The molecule has 2 unspecified atom stereocenters. The second-order valence-electron chi connectivity index (χ2n) is 9.44. The zero-order valence-corrected chi connectivity index (χ0v) is 18.1. The van der Waals surface area contributed by atoms with Gasteiger partial charge in [0.2, 0.25) is 5.69 Å². The van der Waals surface area contributed by atoms with Crippen LogP contribution in [0.5, 0.6) is 0 Å². The van der Waals surface area contributed by atoms with E-state index in [1.807, 2.05) is 36.4 Å². The van der Waals surface area contributed by atoms with Crippen LogP contribution in [0.15, 0.2) is 66.9 Å². The predicted molar refractivity (Wildman–Crippen MR) is 118 cm³/mol. The quantitative estimate of drug-likeness (QED) is 0.378. The summed E-state index contributed by atoms with van der Waals surface area (Å²) in [5.74, 6) is 0.546. The van der Waals surface area contributed by atoms with Gasteiger partial charge in [0.1, 0.15) is 0 Å². The second kappa shape index (κ2) is 7.26. The van der Waals surface area contributed by atoms with E-state index < -0.39 is 0 Å². The Morgan fingerprint density at radius 3 is 2.34 bits per heavy atom. The van der Waals surface area contributed by atoms with Gasteiger partial charge in [-0.3, -0.25) is 4.79 Å². The number of fused-ring (bicyclic) bond motifs is 3. The van der Waals surface area contributed by atoms with Gasteiger partial charge in [-0.2, -0.15) is 4.57 Å². The van der Waals surface area contributed by atoms with Crippen LogP contribution in [0.4, 0.5) is 0 Å². The minimum Gasteiger partial charge on any atom is -0.288 e. The number of carbonyl (C=O) groups excluding carboxylic acids is 1. The summed E-state index contributed by atoms with van der Waals surface area (Å²) in [4.78, 5) is 13.0. The van der Waals surface area contributed by atoms with Gasteiger partial charge >= 0.3 is 0 Å². The Kier molecular flexibility index (Phi) is 4.90. The van der Waals surface area contributed by atoms with Gasteiger partial charge in [0.05, 0.1) is 5.56 Å². The van der Waals surface area contributed by atoms with Gasteiger partial charge in [0.15, 0.2) is 18.0 Å². The minimum atomic E-state index is 0.0775. The third-order valence-electron chi connectivity index (χ3n) is 6.17. The van der Waals surface area contributed by atoms with Crippen molar-refractivity contribution in [3.63, 3.8) is 0 Å². The smallest absolute Gasteiger partial charge is 0.213 e. The largest absolute Gasteiger partial charge is 0.288 e. The summed E-state index contributed by atoms with van der Waals surface area (Å²) in [5, 5.41) is 0. The zero-order chi connectivity index (χ0) is 20.8. The second-order valence-corrected chi connectivity index (χ2v) is 9.44. The van der Waals surface area contributed by atoms with E-state index in [0.717, 1.165) is 17.5 Å². The molecule has 4 rings (SSSR count). The third-order valence-corrected chi connectivity index (χ3v) is 6.17. The van der Waals surface area contributed by atoms with E-state index >= 15 is 0 Å². The van der Waals surface area contributed by atoms with Crippen molar-refractivity contribution < 1.29 is 9.36 Å². The Hall–Kier alpha value is -2.74. The fraction of sp³-hybridized carbons (Fsp3) is 0.333. The molecular formula is C27H30NO+. The molecule has 1 aliphatic heterocycles. The Morgan fingerprint density at radius 2 is 1.66 bits per heavy atom. The van der Waals surface area contributed by atoms with E-state index in [9.17, 15) is 4.79 Å². The highest BCUT2D eigenvalue weighted by atomic mass is 16.1. The summed E-state index contributed by atoms with van der Waals surface area (Å²) < 4.78 is 2.30. The first-order valence-electron chi connectivity index (χ1n) is 10.6. The first-order valence-corrected chi connectivity index (χ1v) is 10.6. The number of rotatable bonds is 2. The highest BCUT2D eigenvalue weighted by molar-refractivity contribution is 6.08. The number of carbonyl (C=O) groups is 1. The molecule has 2 atom stereocenters. The monoisotopic (exact) mass is 384 g/mol. The lowest BCUT2D eigenvalue weighted by Gasteiger charge is -2.22. The van der Waals surface area contributed by atoms with Gasteiger partial charge in [0.25, 0.3) is 0 Å². The van der Waals surface area contributed by atoms with Gasteiger partial charge in [-0.15, -0.1) is 0 Å². The maximum Gasteiger partial charge on any atom is 0.213 e. The van der Waals surface area contributed by atoms with Crippen LogP contribution in [-0.4, -0.2) is 5.78 Å². The summed E-state index contributed by atoms with van der Waals surface area (Å²) in [6.07, 6.45) is 3.11. The van der Waals surface area contributed by atoms with Crippen molar-refractivity contribution in [1.29, 1.82) is 0 Å². The molecule has 0 N–H and O–H groups in total. The van der Waals surface area contributed by atoms with Crippen LogP contribution in [0, 0.1) is 0 Å². The van der Waals surface area contributed by atoms with Crippen molar-refractivity contribution in [2.24, 2.45) is 0 Å². The van der Waals surface area contributed by atoms with Crippen LogP contribution < -0.4 is 4.57 Å². The predicted octanol–water partition coefficient (Wildman–Crippen LogP) is 6.24. The maximum absolute atomic E-state index is 13.0. The Balaban J connectivity index is 1.83. The van der Waals surface area contributed by atoms with Crippen LogP contribution >= 0.6 is 0 Å². The van der Waals surface area contributed by atoms with E-state index in [1.165, 1.54) is 22.4 Å². The molecule has 1 aliphatic rings. The zero-order valence-electron chi connectivity index (χ0n) is 18.1. The van der Waals surface area contributed by atoms with Crippen molar-refractivity contribution >= 4 is 5.78 Å². The summed E-state index contributed by atoms with van der Waals surface area (Å²) >= 11 is 0. The fourth-order valence-electron chi connectivity index (χ4n) is 4.42. The lowest BCUT2D eigenvalue weighted by Crippen LogP contribution is -2.40. The number of benzene rings is 2. The van der Waals surface area contributed by atoms with Crippen LogP contribution in [0.2, 0.25) is 0 Å². The lowest BCUT2D eigenvalue weighted by molar-refractivity contribution is -0.709. The molecule has 1 aromatic heterocycles. The van der Waals surface area contributed by atoms with Gasteiger partial charge in [-0.05, 0) is 41.5 Å². The van der Waals surface area contributed by atoms with Crippen molar-refractivity contribution in [3.05, 3.63) is 89.1 Å². The molecule has 0 radical (unpaired) electrons. The van der Waals surface area contributed by atoms with Crippen LogP contribution in [-0.2, 0) is 5.41 Å². The van der Waals surface area contributed by atoms with E-state index in [4.69, 9.17) is 0 Å². The van der Waals surface area contributed by atoms with Gasteiger partial charge in [-0.25, -0.2) is 0 Å². The molecular weight excluding hydrogens is 354 g/mol. The highest BCUT2D eigenvalue weighted by Crippen LogP contribution is 2.38. The van der Waals surface area contributed by atoms with Crippen molar-refractivity contribution in [2.45, 2.75) is 58.4 Å². The molecule has 0 bridgehead atoms. The average Bonchev–Trinajstić information content (AvgIpc) is 2.81. The summed E-state index contributed by atoms with van der Waals surface area (Å²) in [6.45, 7) is 11.4. The van der Waals surface area contributed by atoms with E-state index in [1.54, 1.807) is 0 Å². The molecule has 2 heterocycles. The molecule has 0 spiro atoms. The molecule has 29 heavy (non-hydrogen) atoms. The van der Waals surface area contributed by atoms with Crippen LogP contribution in [0.1, 0.15) is 80.0 Å². The maximum atomic E-state index is 13.0. The molecule has 3 aromatic rings. The molecule has 2 aromatic carbocycles. The first kappa shape index (κ1) is 19.6. The Bertz CT molecular complexity index is 1060. The number of hydrogen-bond donors (Lipinski definition) is 0. The Morgan fingerprint density at radius 1 is 0.931 bits per heavy atom. The number of pyridine rings is 1. The number of nitrogens with zero attached hydrogens (tertiary/aromatic N) is 1. The summed E-state index contributed by atoms with van der Waals surface area (Å²) in [6, 6.07) is 20.9. The molecule has 0 aliphatic carbocycles. The lowest BCUT2D eigenvalue weighted by atomic mass is 9.82. The molecule has 0 saturated carbocycles. The highest BCUT2D eigenvalue weighted by Gasteiger charge is 2.31. The van der Waals surface area contributed by atoms with Crippen LogP contribution in [0.3, 0.4) is 0 Å². The molecule has 0 saturated heterocycles. The first-order chi connectivity index (χ1) is 13.8. The molecule has 0 fully saturated rings. The molecule has 148 valence electrons. The van der Waals surface area contributed by atoms with Crippen LogP contribution in [0.25, 0.3) is 11.3 Å². The van der Waals surface area contributed by atoms with Crippen molar-refractivity contribution in [1.82, 2.24) is 0 Å². The van der Waals surface area contributed by atoms with Gasteiger partial charge in [0, 0.05) is 23.6 Å². The molecule has 0 amide bonds. The fourth-order valence-corrected chi connectivity index (χ4v) is 4.42. The summed E-state index contributed by atoms with van der Waals surface area (Å²) in [7, 11) is 0. The van der Waals surface area contributed by atoms with Crippen molar-refractivity contribution in [3.8, 4) is 11.3 Å². The standard InChI is InChI=1S/C27H30NO/c1-18-15-19(2)28-17-21(26(29)20-9-7-6-8-10-20)11-14-25(28)23-13-12-22(16-24(18)23)27(3,4)5/h6-14,16-19H,15H2,1-5H3/q+1. The average molecular weight is 385 g/mol. The summed E-state index contributed by atoms with van der Waals surface area (Å²) in [5.41, 5.74) is 6.88. The van der Waals surface area contributed by atoms with Gasteiger partial charge < -0.3 is 0 Å². The van der Waals surface area contributed by atoms with E-state index in [-0.39, 0.29) is 11.2 Å². The minimum absolute atomic E-state index is 0.0775. The molecule has 2 heteroatoms. The number of ketones is 1. The van der Waals surface area contributed by atoms with Crippen molar-refractivity contribution in [2.75, 3.05) is 0 Å².